The Hall–Kier alpha value is -3.05. The van der Waals surface area contributed by atoms with Crippen LogP contribution in [0.15, 0.2) is 75.4 Å². The van der Waals surface area contributed by atoms with Crippen LogP contribution in [0.3, 0.4) is 0 Å². The number of ketones is 1. The van der Waals surface area contributed by atoms with E-state index in [1.807, 2.05) is 61.4 Å². The Bertz CT molecular complexity index is 1020. The molecule has 0 radical (unpaired) electrons. The molecule has 0 atom stereocenters. The van der Waals surface area contributed by atoms with Crippen molar-refractivity contribution in [1.29, 1.82) is 0 Å². The summed E-state index contributed by atoms with van der Waals surface area (Å²) in [4.78, 5) is 25.1. The van der Waals surface area contributed by atoms with E-state index in [-0.39, 0.29) is 5.78 Å². The van der Waals surface area contributed by atoms with Gasteiger partial charge in [0.15, 0.2) is 5.78 Å². The van der Waals surface area contributed by atoms with Gasteiger partial charge in [-0.15, -0.1) is 0 Å². The Morgan fingerprint density at radius 1 is 1.18 bits per heavy atom. The Balaban J connectivity index is 1.91. The molecule has 0 spiro atoms. The van der Waals surface area contributed by atoms with Crippen LogP contribution in [-0.2, 0) is 9.53 Å². The largest absolute Gasteiger partial charge is 0.383 e. The Labute approximate surface area is 165 Å². The van der Waals surface area contributed by atoms with Crippen molar-refractivity contribution < 1.29 is 9.53 Å². The highest BCUT2D eigenvalue weighted by atomic mass is 16.5. The molecule has 0 saturated heterocycles. The summed E-state index contributed by atoms with van der Waals surface area (Å²) in [5, 5.41) is 0. The van der Waals surface area contributed by atoms with Gasteiger partial charge in [-0.05, 0) is 24.5 Å². The first-order chi connectivity index (χ1) is 13.6. The number of methoxy groups -OCH3 is 1. The molecular formula is C23H23N3O2. The minimum atomic E-state index is 0.00518. The second-order valence-corrected chi connectivity index (χ2v) is 7.02. The number of carbonyl (C=O) groups excluding carboxylic acids is 1. The molecule has 1 aromatic carbocycles. The third-order valence-corrected chi connectivity index (χ3v) is 5.15. The molecule has 0 amide bonds. The van der Waals surface area contributed by atoms with Gasteiger partial charge in [0.25, 0.3) is 0 Å². The van der Waals surface area contributed by atoms with E-state index >= 15 is 0 Å². The molecule has 0 bridgehead atoms. The van der Waals surface area contributed by atoms with E-state index < -0.39 is 0 Å². The van der Waals surface area contributed by atoms with Crippen molar-refractivity contribution in [1.82, 2.24) is 4.90 Å². The van der Waals surface area contributed by atoms with Crippen LogP contribution in [0.5, 0.6) is 0 Å². The molecule has 5 heteroatoms. The highest BCUT2D eigenvalue weighted by molar-refractivity contribution is 6.45. The van der Waals surface area contributed by atoms with E-state index in [0.29, 0.717) is 36.0 Å². The number of Topliss-reactive ketones (excluding diaryl/α,β-unsaturated/α-hetero) is 1. The molecule has 142 valence electrons. The average Bonchev–Trinajstić information content (AvgIpc) is 2.98. The number of benzene rings is 1. The molecule has 0 unspecified atom stereocenters. The number of carbonyl (C=O) groups is 1. The second-order valence-electron chi connectivity index (χ2n) is 7.02. The first-order valence-electron chi connectivity index (χ1n) is 9.42. The van der Waals surface area contributed by atoms with Gasteiger partial charge < -0.3 is 9.64 Å². The van der Waals surface area contributed by atoms with Gasteiger partial charge in [-0.2, -0.15) is 0 Å². The van der Waals surface area contributed by atoms with Gasteiger partial charge in [-0.1, -0.05) is 48.6 Å². The molecule has 0 aromatic heterocycles. The van der Waals surface area contributed by atoms with E-state index in [2.05, 4.69) is 6.08 Å². The Kier molecular flexibility index (Phi) is 4.92. The Morgan fingerprint density at radius 3 is 2.79 bits per heavy atom. The number of nitrogens with zero attached hydrogens (tertiary/aromatic N) is 3. The molecule has 1 heterocycles. The third-order valence-electron chi connectivity index (χ3n) is 5.15. The third kappa shape index (κ3) is 3.08. The SMILES string of the molecule is COCCN(C)C1=NC2=C(c3ccccc3C)C(=O)C3=CC=CCC=C3C2=N1. The van der Waals surface area contributed by atoms with Crippen LogP contribution in [0.25, 0.3) is 5.57 Å². The lowest BCUT2D eigenvalue weighted by atomic mass is 9.80. The first kappa shape index (κ1) is 18.3. The molecule has 0 N–H and O–H groups in total. The van der Waals surface area contributed by atoms with Gasteiger partial charge in [0.05, 0.1) is 12.2 Å². The lowest BCUT2D eigenvalue weighted by molar-refractivity contribution is -0.110. The van der Waals surface area contributed by atoms with Gasteiger partial charge in [0.1, 0.15) is 11.4 Å². The van der Waals surface area contributed by atoms with Crippen LogP contribution in [-0.4, -0.2) is 49.7 Å². The van der Waals surface area contributed by atoms with Crippen molar-refractivity contribution in [2.45, 2.75) is 13.3 Å². The van der Waals surface area contributed by atoms with Crippen LogP contribution in [0.1, 0.15) is 17.5 Å². The van der Waals surface area contributed by atoms with Gasteiger partial charge in [-0.25, -0.2) is 9.98 Å². The quantitative estimate of drug-likeness (QED) is 0.812. The maximum absolute atomic E-state index is 13.5. The summed E-state index contributed by atoms with van der Waals surface area (Å²) in [6, 6.07) is 7.94. The summed E-state index contributed by atoms with van der Waals surface area (Å²) in [5.74, 6) is 0.617. The number of allylic oxidation sites excluding steroid dienone is 7. The van der Waals surface area contributed by atoms with Gasteiger partial charge >= 0.3 is 0 Å². The number of aryl methyl sites for hydroxylation is 1. The number of likely N-dealkylation sites (N-methyl/N-ethyl adjacent to an activating group) is 1. The van der Waals surface area contributed by atoms with Crippen LogP contribution >= 0.6 is 0 Å². The summed E-state index contributed by atoms with van der Waals surface area (Å²) in [6.45, 7) is 3.28. The zero-order valence-electron chi connectivity index (χ0n) is 16.4. The van der Waals surface area contributed by atoms with Crippen LogP contribution in [0, 0.1) is 6.92 Å². The van der Waals surface area contributed by atoms with E-state index in [9.17, 15) is 4.79 Å². The number of hydrogen-bond donors (Lipinski definition) is 0. The fourth-order valence-electron chi connectivity index (χ4n) is 3.59. The smallest absolute Gasteiger partial charge is 0.226 e. The summed E-state index contributed by atoms with van der Waals surface area (Å²) in [7, 11) is 3.61. The normalized spacial score (nSPS) is 18.0. The summed E-state index contributed by atoms with van der Waals surface area (Å²) in [6.07, 6.45) is 8.71. The molecule has 28 heavy (non-hydrogen) atoms. The van der Waals surface area contributed by atoms with Gasteiger partial charge in [0, 0.05) is 31.8 Å². The minimum absolute atomic E-state index is 0.00518. The van der Waals surface area contributed by atoms with Crippen LogP contribution in [0.2, 0.25) is 0 Å². The standard InChI is InChI=1S/C23H23N3O2/c1-15-9-7-8-10-16(15)19-21-20(24-23(25-21)26(2)13-14-28-3)17-11-5-4-6-12-18(17)22(19)27/h4,6-12H,5,13-14H2,1-3H3. The number of rotatable bonds is 4. The molecule has 0 saturated carbocycles. The molecule has 4 rings (SSSR count). The maximum atomic E-state index is 13.5. The fraction of sp³-hybridized carbons (Fsp3) is 0.261. The number of fused-ring (bicyclic) bond motifs is 3. The Morgan fingerprint density at radius 2 is 2.00 bits per heavy atom. The van der Waals surface area contributed by atoms with Crippen molar-refractivity contribution in [2.24, 2.45) is 9.98 Å². The molecule has 2 aliphatic carbocycles. The molecular weight excluding hydrogens is 350 g/mol. The summed E-state index contributed by atoms with van der Waals surface area (Å²) < 4.78 is 5.18. The van der Waals surface area contributed by atoms with E-state index in [1.165, 1.54) is 0 Å². The van der Waals surface area contributed by atoms with Crippen LogP contribution in [0.4, 0.5) is 0 Å². The molecule has 1 aliphatic heterocycles. The number of hydrogen-bond acceptors (Lipinski definition) is 5. The summed E-state index contributed by atoms with van der Waals surface area (Å²) in [5.41, 5.74) is 5.60. The fourth-order valence-corrected chi connectivity index (χ4v) is 3.59. The highest BCUT2D eigenvalue weighted by Gasteiger charge is 2.37. The van der Waals surface area contributed by atoms with Crippen molar-refractivity contribution in [3.8, 4) is 0 Å². The second kappa shape index (κ2) is 7.52. The highest BCUT2D eigenvalue weighted by Crippen LogP contribution is 2.39. The number of guanidine groups is 1. The first-order valence-corrected chi connectivity index (χ1v) is 9.42. The zero-order chi connectivity index (χ0) is 19.7. The molecule has 3 aliphatic rings. The van der Waals surface area contributed by atoms with Gasteiger partial charge in [0.2, 0.25) is 5.96 Å². The predicted octanol–water partition coefficient (Wildman–Crippen LogP) is 3.49. The van der Waals surface area contributed by atoms with E-state index in [4.69, 9.17) is 14.7 Å². The molecule has 1 aromatic rings. The minimum Gasteiger partial charge on any atom is -0.383 e. The molecule has 0 fully saturated rings. The lowest BCUT2D eigenvalue weighted by Gasteiger charge is -2.22. The van der Waals surface area contributed by atoms with E-state index in [1.54, 1.807) is 7.11 Å². The summed E-state index contributed by atoms with van der Waals surface area (Å²) >= 11 is 0. The number of ether oxygens (including phenoxy) is 1. The van der Waals surface area contributed by atoms with Gasteiger partial charge in [-0.3, -0.25) is 4.79 Å². The van der Waals surface area contributed by atoms with Crippen molar-refractivity contribution >= 4 is 23.0 Å². The van der Waals surface area contributed by atoms with E-state index in [0.717, 1.165) is 28.8 Å². The predicted molar refractivity (Wildman–Crippen MR) is 112 cm³/mol. The van der Waals surface area contributed by atoms with Crippen LogP contribution < -0.4 is 0 Å². The topological polar surface area (TPSA) is 54.3 Å². The molecule has 5 nitrogen and oxygen atoms in total. The van der Waals surface area contributed by atoms with Crippen molar-refractivity contribution in [3.05, 3.63) is 76.5 Å². The zero-order valence-corrected chi connectivity index (χ0v) is 16.4. The van der Waals surface area contributed by atoms with Crippen molar-refractivity contribution in [2.75, 3.05) is 27.3 Å². The van der Waals surface area contributed by atoms with Crippen molar-refractivity contribution in [3.63, 3.8) is 0 Å². The maximum Gasteiger partial charge on any atom is 0.226 e. The lowest BCUT2D eigenvalue weighted by Crippen LogP contribution is -2.27. The monoisotopic (exact) mass is 373 g/mol. The number of aliphatic imine (C=N–C) groups is 2. The average molecular weight is 373 g/mol.